The molecule has 2 aromatic rings. The van der Waals surface area contributed by atoms with Gasteiger partial charge in [-0.15, -0.1) is 11.3 Å². The SMILES string of the molecule is Cc1cc(CNS(=O)(=O)c2cccs2)ccc1F. The second-order valence-electron chi connectivity index (χ2n) is 3.84. The van der Waals surface area contributed by atoms with Crippen molar-refractivity contribution < 1.29 is 12.8 Å². The van der Waals surface area contributed by atoms with Gasteiger partial charge in [-0.2, -0.15) is 0 Å². The van der Waals surface area contributed by atoms with Crippen molar-refractivity contribution in [3.8, 4) is 0 Å². The molecule has 18 heavy (non-hydrogen) atoms. The predicted octanol–water partition coefficient (Wildman–Crippen LogP) is 2.67. The summed E-state index contributed by atoms with van der Waals surface area (Å²) in [7, 11) is -3.46. The molecule has 0 atom stereocenters. The second-order valence-corrected chi connectivity index (χ2v) is 6.78. The molecule has 0 spiro atoms. The van der Waals surface area contributed by atoms with Gasteiger partial charge >= 0.3 is 0 Å². The largest absolute Gasteiger partial charge is 0.250 e. The number of halogens is 1. The zero-order valence-corrected chi connectivity index (χ0v) is 11.3. The Balaban J connectivity index is 2.10. The molecule has 0 aliphatic heterocycles. The van der Waals surface area contributed by atoms with Crippen LogP contribution in [0.25, 0.3) is 0 Å². The van der Waals surface area contributed by atoms with E-state index >= 15 is 0 Å². The van der Waals surface area contributed by atoms with Crippen LogP contribution in [0.3, 0.4) is 0 Å². The van der Waals surface area contributed by atoms with Gasteiger partial charge in [-0.25, -0.2) is 17.5 Å². The van der Waals surface area contributed by atoms with Gasteiger partial charge in [0.2, 0.25) is 10.0 Å². The van der Waals surface area contributed by atoms with Crippen molar-refractivity contribution in [2.75, 3.05) is 0 Å². The van der Waals surface area contributed by atoms with Crippen molar-refractivity contribution in [2.45, 2.75) is 17.7 Å². The number of hydrogen-bond donors (Lipinski definition) is 1. The van der Waals surface area contributed by atoms with Crippen molar-refractivity contribution in [1.29, 1.82) is 0 Å². The highest BCUT2D eigenvalue weighted by atomic mass is 32.2. The fraction of sp³-hybridized carbons (Fsp3) is 0.167. The summed E-state index contributed by atoms with van der Waals surface area (Å²) >= 11 is 1.16. The maximum Gasteiger partial charge on any atom is 0.250 e. The molecule has 1 heterocycles. The topological polar surface area (TPSA) is 46.2 Å². The van der Waals surface area contributed by atoms with Gasteiger partial charge in [-0.1, -0.05) is 18.2 Å². The Kier molecular flexibility index (Phi) is 3.79. The van der Waals surface area contributed by atoms with E-state index in [0.29, 0.717) is 5.56 Å². The van der Waals surface area contributed by atoms with Gasteiger partial charge in [-0.05, 0) is 35.6 Å². The van der Waals surface area contributed by atoms with Crippen molar-refractivity contribution >= 4 is 21.4 Å². The van der Waals surface area contributed by atoms with Crippen molar-refractivity contribution in [3.63, 3.8) is 0 Å². The molecule has 0 radical (unpaired) electrons. The van der Waals surface area contributed by atoms with E-state index in [0.717, 1.165) is 16.9 Å². The van der Waals surface area contributed by atoms with Crippen LogP contribution >= 0.6 is 11.3 Å². The normalized spacial score (nSPS) is 11.7. The summed E-state index contributed by atoms with van der Waals surface area (Å²) in [6, 6.07) is 7.76. The zero-order chi connectivity index (χ0) is 13.2. The summed E-state index contributed by atoms with van der Waals surface area (Å²) in [5, 5.41) is 1.70. The average Bonchev–Trinajstić information content (AvgIpc) is 2.85. The average molecular weight is 285 g/mol. The fourth-order valence-corrected chi connectivity index (χ4v) is 3.54. The highest BCUT2D eigenvalue weighted by Gasteiger charge is 2.14. The quantitative estimate of drug-likeness (QED) is 0.938. The smallest absolute Gasteiger partial charge is 0.207 e. The number of nitrogens with one attached hydrogen (secondary N) is 1. The van der Waals surface area contributed by atoms with Crippen LogP contribution in [-0.4, -0.2) is 8.42 Å². The third-order valence-corrected chi connectivity index (χ3v) is 5.25. The molecule has 0 saturated carbocycles. The summed E-state index contributed by atoms with van der Waals surface area (Å²) in [4.78, 5) is 0. The Morgan fingerprint density at radius 1 is 1.33 bits per heavy atom. The maximum atomic E-state index is 13.1. The van der Waals surface area contributed by atoms with E-state index in [-0.39, 0.29) is 16.6 Å². The van der Waals surface area contributed by atoms with Crippen LogP contribution in [0.2, 0.25) is 0 Å². The van der Waals surface area contributed by atoms with E-state index in [9.17, 15) is 12.8 Å². The predicted molar refractivity (Wildman–Crippen MR) is 69.5 cm³/mol. The molecular formula is C12H12FNO2S2. The Labute approximate surface area is 109 Å². The second kappa shape index (κ2) is 5.17. The molecule has 0 fully saturated rings. The minimum Gasteiger partial charge on any atom is -0.207 e. The minimum absolute atomic E-state index is 0.154. The molecule has 0 amide bonds. The first-order valence-corrected chi connectivity index (χ1v) is 7.63. The maximum absolute atomic E-state index is 13.1. The third kappa shape index (κ3) is 2.95. The molecule has 0 aliphatic rings. The van der Waals surface area contributed by atoms with E-state index in [4.69, 9.17) is 0 Å². The van der Waals surface area contributed by atoms with Gasteiger partial charge in [0.25, 0.3) is 0 Å². The summed E-state index contributed by atoms with van der Waals surface area (Å²) in [6.07, 6.45) is 0. The van der Waals surface area contributed by atoms with Gasteiger partial charge in [0.1, 0.15) is 10.0 Å². The van der Waals surface area contributed by atoms with Crippen LogP contribution in [0.5, 0.6) is 0 Å². The molecule has 0 saturated heterocycles. The van der Waals surface area contributed by atoms with Gasteiger partial charge in [-0.3, -0.25) is 0 Å². The number of thiophene rings is 1. The number of aryl methyl sites for hydroxylation is 1. The molecule has 1 N–H and O–H groups in total. The van der Waals surface area contributed by atoms with Crippen molar-refractivity contribution in [2.24, 2.45) is 0 Å². The molecule has 3 nitrogen and oxygen atoms in total. The number of sulfonamides is 1. The number of benzene rings is 1. The molecule has 2 rings (SSSR count). The molecule has 0 aliphatic carbocycles. The lowest BCUT2D eigenvalue weighted by Gasteiger charge is -2.06. The van der Waals surface area contributed by atoms with E-state index in [2.05, 4.69) is 4.72 Å². The van der Waals surface area contributed by atoms with Crippen LogP contribution in [0.15, 0.2) is 39.9 Å². The third-order valence-electron chi connectivity index (χ3n) is 2.45. The number of hydrogen-bond acceptors (Lipinski definition) is 3. The van der Waals surface area contributed by atoms with Gasteiger partial charge in [0.05, 0.1) is 0 Å². The van der Waals surface area contributed by atoms with E-state index < -0.39 is 10.0 Å². The lowest BCUT2D eigenvalue weighted by molar-refractivity contribution is 0.583. The van der Waals surface area contributed by atoms with Crippen LogP contribution < -0.4 is 4.72 Å². The van der Waals surface area contributed by atoms with Gasteiger partial charge in [0.15, 0.2) is 0 Å². The first-order valence-electron chi connectivity index (χ1n) is 5.27. The molecule has 1 aromatic carbocycles. The minimum atomic E-state index is -3.46. The summed E-state index contributed by atoms with van der Waals surface area (Å²) < 4.78 is 39.5. The molecule has 6 heteroatoms. The summed E-state index contributed by atoms with van der Waals surface area (Å²) in [5.74, 6) is -0.292. The summed E-state index contributed by atoms with van der Waals surface area (Å²) in [6.45, 7) is 1.80. The van der Waals surface area contributed by atoms with Crippen LogP contribution in [0.1, 0.15) is 11.1 Å². The molecule has 0 unspecified atom stereocenters. The van der Waals surface area contributed by atoms with Gasteiger partial charge < -0.3 is 0 Å². The highest BCUT2D eigenvalue weighted by molar-refractivity contribution is 7.91. The van der Waals surface area contributed by atoms with E-state index in [1.165, 1.54) is 6.07 Å². The van der Waals surface area contributed by atoms with E-state index in [1.807, 2.05) is 0 Å². The molecule has 0 bridgehead atoms. The Bertz CT molecular complexity index is 636. The Morgan fingerprint density at radius 2 is 2.11 bits per heavy atom. The molecular weight excluding hydrogens is 273 g/mol. The molecule has 1 aromatic heterocycles. The zero-order valence-electron chi connectivity index (χ0n) is 9.68. The Morgan fingerprint density at radius 3 is 2.72 bits per heavy atom. The fourth-order valence-electron chi connectivity index (χ4n) is 1.48. The first-order chi connectivity index (χ1) is 8.49. The van der Waals surface area contributed by atoms with Crippen molar-refractivity contribution in [1.82, 2.24) is 4.72 Å². The highest BCUT2D eigenvalue weighted by Crippen LogP contribution is 2.16. The lowest BCUT2D eigenvalue weighted by Crippen LogP contribution is -2.22. The van der Waals surface area contributed by atoms with Crippen LogP contribution in [-0.2, 0) is 16.6 Å². The molecule has 96 valence electrons. The van der Waals surface area contributed by atoms with Crippen molar-refractivity contribution in [3.05, 3.63) is 52.7 Å². The van der Waals surface area contributed by atoms with Gasteiger partial charge in [0, 0.05) is 6.54 Å². The summed E-state index contributed by atoms with van der Waals surface area (Å²) in [5.41, 5.74) is 1.23. The van der Waals surface area contributed by atoms with Crippen LogP contribution in [0, 0.1) is 12.7 Å². The standard InChI is InChI=1S/C12H12FNO2S2/c1-9-7-10(4-5-11(9)13)8-14-18(15,16)12-3-2-6-17-12/h2-7,14H,8H2,1H3. The Hall–Kier alpha value is -1.24. The lowest BCUT2D eigenvalue weighted by atomic mass is 10.1. The van der Waals surface area contributed by atoms with E-state index in [1.54, 1.807) is 36.6 Å². The monoisotopic (exact) mass is 285 g/mol. The van der Waals surface area contributed by atoms with Crippen LogP contribution in [0.4, 0.5) is 4.39 Å². The number of rotatable bonds is 4. The first kappa shape index (κ1) is 13.2.